The van der Waals surface area contributed by atoms with E-state index in [1.165, 1.54) is 0 Å². The van der Waals surface area contributed by atoms with Crippen molar-refractivity contribution in [2.24, 2.45) is 4.99 Å². The summed E-state index contributed by atoms with van der Waals surface area (Å²) < 4.78 is 0.897. The molecule has 96 valence electrons. The molecule has 0 bridgehead atoms. The largest absolute Gasteiger partial charge is 0.481 e. The molecule has 0 aliphatic rings. The molecule has 2 rings (SSSR count). The number of aromatic nitrogens is 1. The van der Waals surface area contributed by atoms with Gasteiger partial charge in [0.15, 0.2) is 0 Å². The van der Waals surface area contributed by atoms with Crippen LogP contribution in [0, 0.1) is 0 Å². The Bertz CT molecular complexity index is 609. The average molecular weight is 319 g/mol. The summed E-state index contributed by atoms with van der Waals surface area (Å²) >= 11 is 3.34. The lowest BCUT2D eigenvalue weighted by Crippen LogP contribution is -1.99. The molecule has 0 saturated carbocycles. The van der Waals surface area contributed by atoms with Crippen LogP contribution in [0.15, 0.2) is 52.2 Å². The highest BCUT2D eigenvalue weighted by molar-refractivity contribution is 9.10. The first-order chi connectivity index (χ1) is 9.13. The molecule has 5 heteroatoms. The molecule has 0 fully saturated rings. The fraction of sp³-hybridized carbons (Fsp3) is 0.0714. The fourth-order valence-corrected chi connectivity index (χ4v) is 1.90. The predicted octanol–water partition coefficient (Wildman–Crippen LogP) is 3.22. The Morgan fingerprint density at radius 1 is 1.32 bits per heavy atom. The first kappa shape index (κ1) is 13.4. The molecule has 0 unspecified atom stereocenters. The minimum atomic E-state index is -0.837. The maximum Gasteiger partial charge on any atom is 0.307 e. The lowest BCUT2D eigenvalue weighted by molar-refractivity contribution is -0.136. The Kier molecular flexibility index (Phi) is 4.41. The number of aliphatic imine (C=N–C) groups is 1. The molecule has 1 heterocycles. The van der Waals surface area contributed by atoms with Crippen LogP contribution < -0.4 is 0 Å². The average Bonchev–Trinajstić information content (AvgIpc) is 2.37. The summed E-state index contributed by atoms with van der Waals surface area (Å²) in [6, 6.07) is 9.02. The lowest BCUT2D eigenvalue weighted by atomic mass is 10.1. The van der Waals surface area contributed by atoms with E-state index < -0.39 is 5.97 Å². The first-order valence-corrected chi connectivity index (χ1v) is 6.38. The quantitative estimate of drug-likeness (QED) is 0.880. The number of hydrogen-bond donors (Lipinski definition) is 1. The number of pyridine rings is 1. The third kappa shape index (κ3) is 4.30. The Morgan fingerprint density at radius 3 is 2.68 bits per heavy atom. The van der Waals surface area contributed by atoms with Crippen molar-refractivity contribution in [3.63, 3.8) is 0 Å². The molecular weight excluding hydrogens is 308 g/mol. The van der Waals surface area contributed by atoms with Crippen LogP contribution in [0.1, 0.15) is 11.1 Å². The number of carbonyl (C=O) groups is 1. The number of carboxylic acid groups (broad SMARTS) is 1. The van der Waals surface area contributed by atoms with Crippen LogP contribution in [0.3, 0.4) is 0 Å². The van der Waals surface area contributed by atoms with Crippen molar-refractivity contribution in [3.8, 4) is 0 Å². The Labute approximate surface area is 119 Å². The van der Waals surface area contributed by atoms with Gasteiger partial charge >= 0.3 is 5.97 Å². The Morgan fingerprint density at radius 2 is 2.05 bits per heavy atom. The van der Waals surface area contributed by atoms with Gasteiger partial charge < -0.3 is 5.11 Å². The van der Waals surface area contributed by atoms with Gasteiger partial charge in [0.2, 0.25) is 0 Å². The number of benzene rings is 1. The highest BCUT2D eigenvalue weighted by atomic mass is 79.9. The van der Waals surface area contributed by atoms with Crippen molar-refractivity contribution in [1.82, 2.24) is 4.98 Å². The van der Waals surface area contributed by atoms with E-state index in [0.29, 0.717) is 0 Å². The van der Waals surface area contributed by atoms with Crippen LogP contribution in [0.5, 0.6) is 0 Å². The second-order valence-electron chi connectivity index (χ2n) is 3.93. The lowest BCUT2D eigenvalue weighted by Gasteiger charge is -1.98. The van der Waals surface area contributed by atoms with Crippen LogP contribution in [-0.4, -0.2) is 22.3 Å². The van der Waals surface area contributed by atoms with Gasteiger partial charge in [-0.2, -0.15) is 0 Å². The number of nitrogens with zero attached hydrogens (tertiary/aromatic N) is 2. The molecule has 19 heavy (non-hydrogen) atoms. The molecule has 0 saturated heterocycles. The summed E-state index contributed by atoms with van der Waals surface area (Å²) in [5.74, 6) is -0.837. The van der Waals surface area contributed by atoms with E-state index in [9.17, 15) is 4.79 Å². The van der Waals surface area contributed by atoms with E-state index in [1.807, 2.05) is 6.07 Å². The molecule has 1 aromatic carbocycles. The van der Waals surface area contributed by atoms with Crippen LogP contribution in [0.4, 0.5) is 5.69 Å². The SMILES string of the molecule is O=C(O)Cc1ccc(/N=C/c2cncc(Br)c2)cc1. The van der Waals surface area contributed by atoms with Gasteiger partial charge in [0.1, 0.15) is 0 Å². The van der Waals surface area contributed by atoms with Gasteiger partial charge in [-0.05, 0) is 39.7 Å². The zero-order valence-corrected chi connectivity index (χ0v) is 11.5. The van der Waals surface area contributed by atoms with Gasteiger partial charge in [-0.1, -0.05) is 12.1 Å². The smallest absolute Gasteiger partial charge is 0.307 e. The first-order valence-electron chi connectivity index (χ1n) is 5.59. The Balaban J connectivity index is 2.09. The van der Waals surface area contributed by atoms with Crippen molar-refractivity contribution in [2.45, 2.75) is 6.42 Å². The molecule has 2 aromatic rings. The second-order valence-corrected chi connectivity index (χ2v) is 4.85. The van der Waals surface area contributed by atoms with Gasteiger partial charge in [-0.15, -0.1) is 0 Å². The number of rotatable bonds is 4. The Hall–Kier alpha value is -2.01. The van der Waals surface area contributed by atoms with Crippen molar-refractivity contribution in [3.05, 3.63) is 58.3 Å². The maximum absolute atomic E-state index is 10.6. The van der Waals surface area contributed by atoms with E-state index in [0.717, 1.165) is 21.3 Å². The summed E-state index contributed by atoms with van der Waals surface area (Å²) in [6.07, 6.45) is 5.16. The summed E-state index contributed by atoms with van der Waals surface area (Å²) in [5, 5.41) is 8.67. The maximum atomic E-state index is 10.6. The van der Waals surface area contributed by atoms with Crippen LogP contribution >= 0.6 is 15.9 Å². The highest BCUT2D eigenvalue weighted by Gasteiger charge is 1.99. The normalized spacial score (nSPS) is 10.8. The van der Waals surface area contributed by atoms with E-state index >= 15 is 0 Å². The second kappa shape index (κ2) is 6.24. The van der Waals surface area contributed by atoms with Gasteiger partial charge in [0.05, 0.1) is 12.1 Å². The van der Waals surface area contributed by atoms with Gasteiger partial charge in [0, 0.05) is 28.6 Å². The number of hydrogen-bond acceptors (Lipinski definition) is 3. The minimum absolute atomic E-state index is 0.0273. The van der Waals surface area contributed by atoms with E-state index in [1.54, 1.807) is 42.9 Å². The molecule has 1 aromatic heterocycles. The van der Waals surface area contributed by atoms with Gasteiger partial charge in [0.25, 0.3) is 0 Å². The molecule has 0 amide bonds. The van der Waals surface area contributed by atoms with E-state index in [2.05, 4.69) is 25.9 Å². The molecule has 0 spiro atoms. The standard InChI is InChI=1S/C14H11BrN2O2/c15-12-5-11(7-16-9-12)8-17-13-3-1-10(2-4-13)6-14(18)19/h1-5,7-9H,6H2,(H,18,19)/b17-8+. The van der Waals surface area contributed by atoms with Crippen molar-refractivity contribution in [1.29, 1.82) is 0 Å². The van der Waals surface area contributed by atoms with Crippen LogP contribution in [-0.2, 0) is 11.2 Å². The summed E-state index contributed by atoms with van der Waals surface area (Å²) in [6.45, 7) is 0. The van der Waals surface area contributed by atoms with E-state index in [4.69, 9.17) is 5.11 Å². The van der Waals surface area contributed by atoms with Crippen molar-refractivity contribution < 1.29 is 9.90 Å². The topological polar surface area (TPSA) is 62.5 Å². The molecule has 1 N–H and O–H groups in total. The van der Waals surface area contributed by atoms with Crippen molar-refractivity contribution in [2.75, 3.05) is 0 Å². The summed E-state index contributed by atoms with van der Waals surface area (Å²) in [7, 11) is 0. The number of aliphatic carboxylic acids is 1. The molecule has 0 atom stereocenters. The van der Waals surface area contributed by atoms with Crippen molar-refractivity contribution >= 4 is 33.8 Å². The van der Waals surface area contributed by atoms with Crippen LogP contribution in [0.25, 0.3) is 0 Å². The van der Waals surface area contributed by atoms with Gasteiger partial charge in [-0.3, -0.25) is 14.8 Å². The number of carboxylic acids is 1. The predicted molar refractivity (Wildman–Crippen MR) is 77.0 cm³/mol. The zero-order valence-electron chi connectivity index (χ0n) is 9.95. The molecule has 0 aliphatic heterocycles. The zero-order chi connectivity index (χ0) is 13.7. The molecule has 0 radical (unpaired) electrons. The summed E-state index contributed by atoms with van der Waals surface area (Å²) in [4.78, 5) is 18.9. The monoisotopic (exact) mass is 318 g/mol. The molecule has 4 nitrogen and oxygen atoms in total. The molecule has 0 aliphatic carbocycles. The third-order valence-electron chi connectivity index (χ3n) is 2.38. The van der Waals surface area contributed by atoms with Crippen LogP contribution in [0.2, 0.25) is 0 Å². The fourth-order valence-electron chi connectivity index (χ4n) is 1.52. The minimum Gasteiger partial charge on any atom is -0.481 e. The van der Waals surface area contributed by atoms with E-state index in [-0.39, 0.29) is 6.42 Å². The third-order valence-corrected chi connectivity index (χ3v) is 2.81. The summed E-state index contributed by atoms with van der Waals surface area (Å²) in [5.41, 5.74) is 2.42. The highest BCUT2D eigenvalue weighted by Crippen LogP contribution is 2.14. The number of halogens is 1. The molecular formula is C14H11BrN2O2. The van der Waals surface area contributed by atoms with Gasteiger partial charge in [-0.25, -0.2) is 0 Å².